The first-order valence-corrected chi connectivity index (χ1v) is 7.99. The van der Waals surface area contributed by atoms with Gasteiger partial charge in [-0.3, -0.25) is 4.79 Å². The van der Waals surface area contributed by atoms with Gasteiger partial charge in [-0.15, -0.1) is 11.3 Å². The zero-order chi connectivity index (χ0) is 14.4. The van der Waals surface area contributed by atoms with Crippen molar-refractivity contribution >= 4 is 27.1 Å². The lowest BCUT2D eigenvalue weighted by Crippen LogP contribution is -2.10. The van der Waals surface area contributed by atoms with Crippen LogP contribution in [-0.2, 0) is 9.84 Å². The van der Waals surface area contributed by atoms with Crippen molar-refractivity contribution in [1.29, 1.82) is 0 Å². The molecule has 0 fully saturated rings. The lowest BCUT2D eigenvalue weighted by Gasteiger charge is -2.01. The second-order valence-electron chi connectivity index (χ2n) is 4.19. The number of aryl methyl sites for hydroxylation is 1. The SMILES string of the molecule is Cc1cnoc1-c1c(S(C)(=O)=O)sc(C(N)=O)c1C. The van der Waals surface area contributed by atoms with E-state index in [9.17, 15) is 13.2 Å². The molecule has 2 aromatic heterocycles. The van der Waals surface area contributed by atoms with Crippen molar-refractivity contribution in [2.24, 2.45) is 5.73 Å². The average Bonchev–Trinajstić information content (AvgIpc) is 2.81. The van der Waals surface area contributed by atoms with E-state index in [4.69, 9.17) is 10.3 Å². The molecule has 2 rings (SSSR count). The highest BCUT2D eigenvalue weighted by Gasteiger charge is 2.28. The Morgan fingerprint density at radius 2 is 2.05 bits per heavy atom. The molecule has 0 saturated carbocycles. The molecule has 1 amide bonds. The van der Waals surface area contributed by atoms with Gasteiger partial charge in [-0.05, 0) is 19.4 Å². The maximum Gasteiger partial charge on any atom is 0.259 e. The van der Waals surface area contributed by atoms with Gasteiger partial charge in [0.2, 0.25) is 0 Å². The summed E-state index contributed by atoms with van der Waals surface area (Å²) in [7, 11) is -3.49. The van der Waals surface area contributed by atoms with Crippen LogP contribution in [0.3, 0.4) is 0 Å². The molecule has 2 aromatic rings. The van der Waals surface area contributed by atoms with Gasteiger partial charge in [0, 0.05) is 11.8 Å². The van der Waals surface area contributed by atoms with E-state index in [0.717, 1.165) is 17.6 Å². The van der Waals surface area contributed by atoms with E-state index in [-0.39, 0.29) is 9.09 Å². The van der Waals surface area contributed by atoms with Crippen molar-refractivity contribution in [1.82, 2.24) is 5.16 Å². The molecule has 0 saturated heterocycles. The maximum atomic E-state index is 11.8. The zero-order valence-electron chi connectivity index (χ0n) is 10.6. The Kier molecular flexibility index (Phi) is 3.23. The van der Waals surface area contributed by atoms with Crippen molar-refractivity contribution < 1.29 is 17.7 Å². The number of carbonyl (C=O) groups is 1. The fraction of sp³-hybridized carbons (Fsp3) is 0.273. The summed E-state index contributed by atoms with van der Waals surface area (Å²) in [4.78, 5) is 11.6. The van der Waals surface area contributed by atoms with E-state index in [1.165, 1.54) is 6.20 Å². The monoisotopic (exact) mass is 300 g/mol. The number of hydrogen-bond donors (Lipinski definition) is 1. The van der Waals surface area contributed by atoms with Crippen LogP contribution in [0.2, 0.25) is 0 Å². The smallest absolute Gasteiger partial charge is 0.259 e. The van der Waals surface area contributed by atoms with E-state index in [2.05, 4.69) is 5.16 Å². The van der Waals surface area contributed by atoms with Crippen LogP contribution in [-0.4, -0.2) is 25.7 Å². The van der Waals surface area contributed by atoms with Crippen LogP contribution < -0.4 is 5.73 Å². The molecule has 102 valence electrons. The molecule has 0 aliphatic heterocycles. The van der Waals surface area contributed by atoms with Gasteiger partial charge in [0.1, 0.15) is 4.21 Å². The summed E-state index contributed by atoms with van der Waals surface area (Å²) in [5.41, 5.74) is 6.83. The molecule has 19 heavy (non-hydrogen) atoms. The Morgan fingerprint density at radius 3 is 2.47 bits per heavy atom. The lowest BCUT2D eigenvalue weighted by molar-refractivity contribution is 0.100. The van der Waals surface area contributed by atoms with Crippen molar-refractivity contribution in [3.63, 3.8) is 0 Å². The minimum Gasteiger partial charge on any atom is -0.365 e. The fourth-order valence-electron chi connectivity index (χ4n) is 1.78. The molecule has 2 N–H and O–H groups in total. The van der Waals surface area contributed by atoms with Crippen molar-refractivity contribution in [2.75, 3.05) is 6.26 Å². The summed E-state index contributed by atoms with van der Waals surface area (Å²) < 4.78 is 28.9. The molecular weight excluding hydrogens is 288 g/mol. The van der Waals surface area contributed by atoms with Gasteiger partial charge in [-0.2, -0.15) is 0 Å². The minimum atomic E-state index is -3.49. The van der Waals surface area contributed by atoms with Crippen molar-refractivity contribution in [2.45, 2.75) is 18.1 Å². The third-order valence-corrected chi connectivity index (χ3v) is 5.79. The Hall–Kier alpha value is -1.67. The molecule has 8 heteroatoms. The Bertz CT molecular complexity index is 756. The summed E-state index contributed by atoms with van der Waals surface area (Å²) in [6.45, 7) is 3.39. The summed E-state index contributed by atoms with van der Waals surface area (Å²) in [5.74, 6) is -0.308. The van der Waals surface area contributed by atoms with Crippen LogP contribution in [0.25, 0.3) is 11.3 Å². The first kappa shape index (κ1) is 13.8. The summed E-state index contributed by atoms with van der Waals surface area (Å²) in [6, 6.07) is 0. The van der Waals surface area contributed by atoms with Gasteiger partial charge in [0.15, 0.2) is 15.6 Å². The average molecular weight is 300 g/mol. The molecule has 0 aliphatic carbocycles. The molecule has 0 aromatic carbocycles. The standard InChI is InChI=1S/C11H12N2O4S2/c1-5-4-13-17-8(5)7-6(2)9(10(12)14)18-11(7)19(3,15)16/h4H,1-3H3,(H2,12,14). The largest absolute Gasteiger partial charge is 0.365 e. The second kappa shape index (κ2) is 4.46. The number of rotatable bonds is 3. The van der Waals surface area contributed by atoms with Crippen molar-refractivity contribution in [3.05, 3.63) is 22.2 Å². The third kappa shape index (κ3) is 2.28. The van der Waals surface area contributed by atoms with E-state index in [1.54, 1.807) is 13.8 Å². The number of aromatic nitrogens is 1. The second-order valence-corrected chi connectivity index (χ2v) is 7.42. The number of amides is 1. The minimum absolute atomic E-state index is 0.0682. The highest BCUT2D eigenvalue weighted by molar-refractivity contribution is 7.93. The maximum absolute atomic E-state index is 11.8. The molecule has 0 spiro atoms. The molecule has 0 radical (unpaired) electrons. The molecule has 0 aliphatic rings. The van der Waals surface area contributed by atoms with E-state index < -0.39 is 15.7 Å². The number of nitrogens with two attached hydrogens (primary N) is 1. The summed E-state index contributed by atoms with van der Waals surface area (Å²) in [6.07, 6.45) is 2.57. The number of carbonyl (C=O) groups excluding carboxylic acids is 1. The van der Waals surface area contributed by atoms with E-state index >= 15 is 0 Å². The van der Waals surface area contributed by atoms with Crippen LogP contribution in [0, 0.1) is 13.8 Å². The number of nitrogens with zero attached hydrogens (tertiary/aromatic N) is 1. The summed E-state index contributed by atoms with van der Waals surface area (Å²) >= 11 is 0.858. The zero-order valence-corrected chi connectivity index (χ0v) is 12.2. The van der Waals surface area contributed by atoms with Crippen LogP contribution in [0.1, 0.15) is 20.8 Å². The van der Waals surface area contributed by atoms with Gasteiger partial charge in [-0.25, -0.2) is 8.42 Å². The molecular formula is C11H12N2O4S2. The van der Waals surface area contributed by atoms with Gasteiger partial charge < -0.3 is 10.3 Å². The fourth-order valence-corrected chi connectivity index (χ4v) is 4.14. The topological polar surface area (TPSA) is 103 Å². The van der Waals surface area contributed by atoms with Crippen LogP contribution in [0.5, 0.6) is 0 Å². The number of primary amides is 1. The lowest BCUT2D eigenvalue weighted by atomic mass is 10.1. The van der Waals surface area contributed by atoms with Crippen LogP contribution in [0.4, 0.5) is 0 Å². The quantitative estimate of drug-likeness (QED) is 0.925. The first-order valence-electron chi connectivity index (χ1n) is 5.28. The van der Waals surface area contributed by atoms with Gasteiger partial charge in [-0.1, -0.05) is 5.16 Å². The number of thiophene rings is 1. The van der Waals surface area contributed by atoms with E-state index in [1.807, 2.05) is 0 Å². The predicted octanol–water partition coefficient (Wildman–Crippen LogP) is 1.52. The van der Waals surface area contributed by atoms with Gasteiger partial charge >= 0.3 is 0 Å². The molecule has 2 heterocycles. The normalized spacial score (nSPS) is 11.7. The Labute approximate surface area is 114 Å². The van der Waals surface area contributed by atoms with Crippen LogP contribution >= 0.6 is 11.3 Å². The predicted molar refractivity (Wildman–Crippen MR) is 70.9 cm³/mol. The van der Waals surface area contributed by atoms with Crippen molar-refractivity contribution in [3.8, 4) is 11.3 Å². The number of sulfone groups is 1. The van der Waals surface area contributed by atoms with Crippen LogP contribution in [0.15, 0.2) is 14.9 Å². The molecule has 0 atom stereocenters. The highest BCUT2D eigenvalue weighted by atomic mass is 32.2. The Balaban J connectivity index is 2.86. The number of hydrogen-bond acceptors (Lipinski definition) is 6. The summed E-state index contributed by atoms with van der Waals surface area (Å²) in [5, 5.41) is 3.64. The molecule has 6 nitrogen and oxygen atoms in total. The third-order valence-electron chi connectivity index (χ3n) is 2.65. The highest BCUT2D eigenvalue weighted by Crippen LogP contribution is 2.40. The van der Waals surface area contributed by atoms with E-state index in [0.29, 0.717) is 22.5 Å². The first-order chi connectivity index (χ1) is 8.73. The molecule has 0 bridgehead atoms. The van der Waals surface area contributed by atoms with Gasteiger partial charge in [0.25, 0.3) is 5.91 Å². The Morgan fingerprint density at radius 1 is 1.42 bits per heavy atom. The van der Waals surface area contributed by atoms with Gasteiger partial charge in [0.05, 0.1) is 16.6 Å². The molecule has 0 unspecified atom stereocenters.